The maximum absolute atomic E-state index is 12.4. The molecule has 2 N–H and O–H groups in total. The quantitative estimate of drug-likeness (QED) is 0.591. The van der Waals surface area contributed by atoms with Gasteiger partial charge in [0.05, 0.1) is 4.90 Å². The zero-order valence-corrected chi connectivity index (χ0v) is 17.1. The number of carbonyl (C=O) groups is 1. The van der Waals surface area contributed by atoms with Crippen molar-refractivity contribution in [3.63, 3.8) is 0 Å². The third-order valence-corrected chi connectivity index (χ3v) is 5.96. The highest BCUT2D eigenvalue weighted by atomic mass is 35.5. The first kappa shape index (κ1) is 20.9. The van der Waals surface area contributed by atoms with Crippen molar-refractivity contribution in [3.8, 4) is 5.75 Å². The molecule has 0 fully saturated rings. The van der Waals surface area contributed by atoms with Crippen LogP contribution in [0.4, 0.5) is 5.69 Å². The van der Waals surface area contributed by atoms with Crippen LogP contribution in [0.25, 0.3) is 0 Å². The average Bonchev–Trinajstić information content (AvgIpc) is 2.74. The number of anilines is 1. The minimum absolute atomic E-state index is 0.0940. The van der Waals surface area contributed by atoms with Crippen LogP contribution in [-0.2, 0) is 16.6 Å². The second kappa shape index (κ2) is 9.09. The number of halogens is 1. The van der Waals surface area contributed by atoms with E-state index in [0.29, 0.717) is 28.6 Å². The van der Waals surface area contributed by atoms with Crippen LogP contribution in [0.5, 0.6) is 5.75 Å². The zero-order valence-electron chi connectivity index (χ0n) is 15.6. The highest BCUT2D eigenvalue weighted by molar-refractivity contribution is 7.89. The Balaban J connectivity index is 1.60. The average molecular weight is 431 g/mol. The van der Waals surface area contributed by atoms with Crippen LogP contribution in [0.2, 0.25) is 5.02 Å². The van der Waals surface area contributed by atoms with E-state index in [9.17, 15) is 13.2 Å². The number of sulfonamides is 1. The molecule has 0 saturated carbocycles. The van der Waals surface area contributed by atoms with E-state index >= 15 is 0 Å². The van der Waals surface area contributed by atoms with Gasteiger partial charge in [0.25, 0.3) is 5.91 Å². The molecule has 0 heterocycles. The normalized spacial score (nSPS) is 11.1. The van der Waals surface area contributed by atoms with E-state index in [1.807, 2.05) is 18.2 Å². The van der Waals surface area contributed by atoms with Gasteiger partial charge >= 0.3 is 0 Å². The summed E-state index contributed by atoms with van der Waals surface area (Å²) in [6, 6.07) is 20.1. The van der Waals surface area contributed by atoms with Gasteiger partial charge in [-0.3, -0.25) is 4.79 Å². The van der Waals surface area contributed by atoms with E-state index in [2.05, 4.69) is 10.0 Å². The lowest BCUT2D eigenvalue weighted by molar-refractivity contribution is 0.102. The van der Waals surface area contributed by atoms with Gasteiger partial charge in [-0.2, -0.15) is 0 Å². The molecule has 0 atom stereocenters. The number of ether oxygens (including phenoxy) is 1. The van der Waals surface area contributed by atoms with E-state index in [0.717, 1.165) is 5.56 Å². The molecule has 0 unspecified atom stereocenters. The third-order valence-electron chi connectivity index (χ3n) is 4.16. The number of carbonyl (C=O) groups excluding carboxylic acids is 1. The molecule has 0 aliphatic heterocycles. The minimum atomic E-state index is -3.54. The van der Waals surface area contributed by atoms with Crippen molar-refractivity contribution in [2.24, 2.45) is 0 Å². The predicted molar refractivity (Wildman–Crippen MR) is 113 cm³/mol. The molecule has 0 aromatic heterocycles. The Bertz CT molecular complexity index is 1100. The Kier molecular flexibility index (Phi) is 6.53. The van der Waals surface area contributed by atoms with Gasteiger partial charge in [-0.25, -0.2) is 13.1 Å². The second-order valence-electron chi connectivity index (χ2n) is 6.09. The molecule has 0 aliphatic carbocycles. The van der Waals surface area contributed by atoms with Crippen molar-refractivity contribution < 1.29 is 17.9 Å². The maximum Gasteiger partial charge on any atom is 0.255 e. The SMILES string of the molecule is CNS(=O)(=O)c1ccc(C(=O)Nc2ccc(OCc3ccccc3Cl)cc2)cc1. The van der Waals surface area contributed by atoms with Crippen LogP contribution >= 0.6 is 11.6 Å². The van der Waals surface area contributed by atoms with E-state index in [1.165, 1.54) is 31.3 Å². The summed E-state index contributed by atoms with van der Waals surface area (Å²) >= 11 is 6.11. The molecule has 8 heteroatoms. The highest BCUT2D eigenvalue weighted by Crippen LogP contribution is 2.21. The Morgan fingerprint density at radius 2 is 1.62 bits per heavy atom. The fourth-order valence-electron chi connectivity index (χ4n) is 2.52. The molecule has 1 amide bonds. The van der Waals surface area contributed by atoms with Gasteiger partial charge in [0.2, 0.25) is 10.0 Å². The van der Waals surface area contributed by atoms with Crippen molar-refractivity contribution in [1.29, 1.82) is 0 Å². The standard InChI is InChI=1S/C21H19ClN2O4S/c1-23-29(26,27)19-12-6-15(7-13-19)21(25)24-17-8-10-18(11-9-17)28-14-16-4-2-3-5-20(16)22/h2-13,23H,14H2,1H3,(H,24,25). The largest absolute Gasteiger partial charge is 0.489 e. The molecular weight excluding hydrogens is 412 g/mol. The van der Waals surface area contributed by atoms with Crippen LogP contribution in [0.15, 0.2) is 77.7 Å². The lowest BCUT2D eigenvalue weighted by Crippen LogP contribution is -2.19. The highest BCUT2D eigenvalue weighted by Gasteiger charge is 2.13. The van der Waals surface area contributed by atoms with Crippen LogP contribution in [-0.4, -0.2) is 21.4 Å². The van der Waals surface area contributed by atoms with Crippen LogP contribution in [0.3, 0.4) is 0 Å². The van der Waals surface area contributed by atoms with E-state index in [1.54, 1.807) is 30.3 Å². The molecule has 0 bridgehead atoms. The summed E-state index contributed by atoms with van der Waals surface area (Å²) in [5, 5.41) is 3.40. The fraction of sp³-hybridized carbons (Fsp3) is 0.0952. The summed E-state index contributed by atoms with van der Waals surface area (Å²) in [6.07, 6.45) is 0. The van der Waals surface area contributed by atoms with Crippen LogP contribution in [0.1, 0.15) is 15.9 Å². The van der Waals surface area contributed by atoms with Crippen molar-refractivity contribution in [2.45, 2.75) is 11.5 Å². The predicted octanol–water partition coefficient (Wildman–Crippen LogP) is 4.08. The van der Waals surface area contributed by atoms with Crippen molar-refractivity contribution in [3.05, 3.63) is 88.9 Å². The first-order valence-electron chi connectivity index (χ1n) is 8.70. The molecule has 3 aromatic carbocycles. The lowest BCUT2D eigenvalue weighted by Gasteiger charge is -2.10. The Morgan fingerprint density at radius 3 is 2.24 bits per heavy atom. The topological polar surface area (TPSA) is 84.5 Å². The van der Waals surface area contributed by atoms with Gasteiger partial charge in [0.15, 0.2) is 0 Å². The van der Waals surface area contributed by atoms with Crippen molar-refractivity contribution in [1.82, 2.24) is 4.72 Å². The molecule has 3 aromatic rings. The lowest BCUT2D eigenvalue weighted by atomic mass is 10.2. The van der Waals surface area contributed by atoms with E-state index < -0.39 is 10.0 Å². The van der Waals surface area contributed by atoms with Crippen LogP contribution < -0.4 is 14.8 Å². The van der Waals surface area contributed by atoms with Gasteiger partial charge in [0, 0.05) is 21.8 Å². The number of benzene rings is 3. The molecule has 0 radical (unpaired) electrons. The summed E-state index contributed by atoms with van der Waals surface area (Å²) < 4.78 is 31.4. The van der Waals surface area contributed by atoms with Crippen molar-refractivity contribution in [2.75, 3.05) is 12.4 Å². The Morgan fingerprint density at radius 1 is 0.966 bits per heavy atom. The summed E-state index contributed by atoms with van der Waals surface area (Å²) in [6.45, 7) is 0.341. The summed E-state index contributed by atoms with van der Waals surface area (Å²) in [5.74, 6) is 0.299. The molecule has 3 rings (SSSR count). The van der Waals surface area contributed by atoms with E-state index in [-0.39, 0.29) is 10.8 Å². The number of rotatable bonds is 7. The second-order valence-corrected chi connectivity index (χ2v) is 8.38. The van der Waals surface area contributed by atoms with Gasteiger partial charge in [0.1, 0.15) is 12.4 Å². The molecule has 6 nitrogen and oxygen atoms in total. The third kappa shape index (κ3) is 5.35. The van der Waals surface area contributed by atoms with Crippen molar-refractivity contribution >= 4 is 33.2 Å². The summed E-state index contributed by atoms with van der Waals surface area (Å²) in [5.41, 5.74) is 1.82. The van der Waals surface area contributed by atoms with Gasteiger partial charge < -0.3 is 10.1 Å². The summed E-state index contributed by atoms with van der Waals surface area (Å²) in [4.78, 5) is 12.4. The Hall–Kier alpha value is -2.87. The fourth-order valence-corrected chi connectivity index (χ4v) is 3.44. The first-order chi connectivity index (χ1) is 13.9. The molecular formula is C21H19ClN2O4S. The van der Waals surface area contributed by atoms with Gasteiger partial charge in [-0.1, -0.05) is 29.8 Å². The van der Waals surface area contributed by atoms with Gasteiger partial charge in [-0.05, 0) is 61.6 Å². The number of hydrogen-bond acceptors (Lipinski definition) is 4. The number of hydrogen-bond donors (Lipinski definition) is 2. The number of amides is 1. The number of nitrogens with one attached hydrogen (secondary N) is 2. The summed E-state index contributed by atoms with van der Waals surface area (Å²) in [7, 11) is -2.21. The molecule has 0 spiro atoms. The monoisotopic (exact) mass is 430 g/mol. The van der Waals surface area contributed by atoms with Gasteiger partial charge in [-0.15, -0.1) is 0 Å². The molecule has 150 valence electrons. The minimum Gasteiger partial charge on any atom is -0.489 e. The van der Waals surface area contributed by atoms with Crippen LogP contribution in [0, 0.1) is 0 Å². The first-order valence-corrected chi connectivity index (χ1v) is 10.6. The Labute approximate surface area is 174 Å². The maximum atomic E-state index is 12.4. The zero-order chi connectivity index (χ0) is 20.9. The van der Waals surface area contributed by atoms with E-state index in [4.69, 9.17) is 16.3 Å². The molecule has 0 aliphatic rings. The molecule has 29 heavy (non-hydrogen) atoms. The molecule has 0 saturated heterocycles. The smallest absolute Gasteiger partial charge is 0.255 e.